The summed E-state index contributed by atoms with van der Waals surface area (Å²) in [6.45, 7) is 4.30. The lowest BCUT2D eigenvalue weighted by molar-refractivity contribution is -0.117. The molecule has 1 heterocycles. The Labute approximate surface area is 203 Å². The average molecular weight is 477 g/mol. The number of nitrogens with zero attached hydrogens (tertiary/aromatic N) is 2. The lowest BCUT2D eigenvalue weighted by Gasteiger charge is -2.22. The molecule has 0 fully saturated rings. The van der Waals surface area contributed by atoms with Gasteiger partial charge in [-0.1, -0.05) is 55.5 Å². The predicted octanol–water partition coefficient (Wildman–Crippen LogP) is 6.35. The van der Waals surface area contributed by atoms with Crippen LogP contribution in [0.1, 0.15) is 30.9 Å². The zero-order chi connectivity index (χ0) is 24.2. The Bertz CT molecular complexity index is 1260. The standard InChI is InChI=1S/C27H28N2O4S/c1-17(2)18-10-13-20(14-11-18)29(27-28-21-8-6-7-9-23(21)34-27)24(30)16-19-12-15-22(31-3)26(33-5)25(19)32-4/h6-15,17H,16H2,1-5H3. The van der Waals surface area contributed by atoms with E-state index in [-0.39, 0.29) is 12.3 Å². The molecule has 0 spiro atoms. The van der Waals surface area contributed by atoms with E-state index in [2.05, 4.69) is 26.0 Å². The largest absolute Gasteiger partial charge is 0.493 e. The molecule has 0 radical (unpaired) electrons. The molecule has 6 nitrogen and oxygen atoms in total. The van der Waals surface area contributed by atoms with E-state index in [1.165, 1.54) is 16.9 Å². The molecule has 0 aliphatic rings. The van der Waals surface area contributed by atoms with Crippen LogP contribution in [0.15, 0.2) is 60.7 Å². The highest BCUT2D eigenvalue weighted by Crippen LogP contribution is 2.41. The minimum absolute atomic E-state index is 0.103. The molecule has 1 aromatic heterocycles. The highest BCUT2D eigenvalue weighted by molar-refractivity contribution is 7.22. The molecule has 0 N–H and O–H groups in total. The van der Waals surface area contributed by atoms with Gasteiger partial charge in [-0.2, -0.15) is 0 Å². The van der Waals surface area contributed by atoms with Crippen molar-refractivity contribution in [2.24, 2.45) is 0 Å². The monoisotopic (exact) mass is 476 g/mol. The lowest BCUT2D eigenvalue weighted by Crippen LogP contribution is -2.27. The predicted molar refractivity (Wildman–Crippen MR) is 137 cm³/mol. The molecular weight excluding hydrogens is 448 g/mol. The third kappa shape index (κ3) is 4.56. The molecule has 0 saturated carbocycles. The first-order valence-electron chi connectivity index (χ1n) is 11.0. The lowest BCUT2D eigenvalue weighted by atomic mass is 10.0. The van der Waals surface area contributed by atoms with Gasteiger partial charge in [-0.3, -0.25) is 9.69 Å². The molecule has 0 unspecified atom stereocenters. The molecule has 3 aromatic carbocycles. The van der Waals surface area contributed by atoms with Gasteiger partial charge in [0.15, 0.2) is 16.6 Å². The van der Waals surface area contributed by atoms with Crippen LogP contribution in [0, 0.1) is 0 Å². The number of carbonyl (C=O) groups is 1. The molecular formula is C27H28N2O4S. The quantitative estimate of drug-likeness (QED) is 0.296. The van der Waals surface area contributed by atoms with Gasteiger partial charge in [-0.25, -0.2) is 4.98 Å². The van der Waals surface area contributed by atoms with Gasteiger partial charge in [0.1, 0.15) is 0 Å². The number of thiazole rings is 1. The maximum Gasteiger partial charge on any atom is 0.237 e. The number of hydrogen-bond donors (Lipinski definition) is 0. The maximum atomic E-state index is 13.8. The van der Waals surface area contributed by atoms with Crippen LogP contribution in [0.4, 0.5) is 10.8 Å². The van der Waals surface area contributed by atoms with Gasteiger partial charge in [0.05, 0.1) is 43.7 Å². The summed E-state index contributed by atoms with van der Waals surface area (Å²) in [6.07, 6.45) is 0.103. The average Bonchev–Trinajstić information content (AvgIpc) is 3.27. The van der Waals surface area contributed by atoms with Crippen LogP contribution in [-0.2, 0) is 11.2 Å². The van der Waals surface area contributed by atoms with E-state index in [4.69, 9.17) is 19.2 Å². The van der Waals surface area contributed by atoms with Crippen LogP contribution >= 0.6 is 11.3 Å². The van der Waals surface area contributed by atoms with E-state index in [9.17, 15) is 4.79 Å². The van der Waals surface area contributed by atoms with E-state index >= 15 is 0 Å². The third-order valence-electron chi connectivity index (χ3n) is 5.67. The first-order chi connectivity index (χ1) is 16.5. The van der Waals surface area contributed by atoms with Crippen LogP contribution < -0.4 is 19.1 Å². The Morgan fingerprint density at radius 1 is 0.912 bits per heavy atom. The highest BCUT2D eigenvalue weighted by Gasteiger charge is 2.25. The highest BCUT2D eigenvalue weighted by atomic mass is 32.1. The van der Waals surface area contributed by atoms with Crippen LogP contribution in [0.25, 0.3) is 10.2 Å². The van der Waals surface area contributed by atoms with Crippen molar-refractivity contribution in [3.05, 3.63) is 71.8 Å². The topological polar surface area (TPSA) is 60.9 Å². The molecule has 7 heteroatoms. The molecule has 4 rings (SSSR count). The van der Waals surface area contributed by atoms with Crippen molar-refractivity contribution < 1.29 is 19.0 Å². The molecule has 4 aromatic rings. The SMILES string of the molecule is COc1ccc(CC(=O)N(c2ccc(C(C)C)cc2)c2nc3ccccc3s2)c(OC)c1OC. The van der Waals surface area contributed by atoms with Crippen molar-refractivity contribution in [3.63, 3.8) is 0 Å². The van der Waals surface area contributed by atoms with E-state index in [0.29, 0.717) is 33.9 Å². The number of hydrogen-bond acceptors (Lipinski definition) is 6. The van der Waals surface area contributed by atoms with Gasteiger partial charge in [0.25, 0.3) is 0 Å². The second-order valence-electron chi connectivity index (χ2n) is 8.11. The molecule has 34 heavy (non-hydrogen) atoms. The number of anilines is 2. The molecule has 176 valence electrons. The van der Waals surface area contributed by atoms with Crippen molar-refractivity contribution in [3.8, 4) is 17.2 Å². The van der Waals surface area contributed by atoms with Crippen LogP contribution in [0.5, 0.6) is 17.2 Å². The fraction of sp³-hybridized carbons (Fsp3) is 0.259. The van der Waals surface area contributed by atoms with E-state index in [1.54, 1.807) is 32.3 Å². The fourth-order valence-electron chi connectivity index (χ4n) is 3.87. The molecule has 0 aliphatic heterocycles. The number of carbonyl (C=O) groups excluding carboxylic acids is 1. The van der Waals surface area contributed by atoms with Crippen molar-refractivity contribution in [2.45, 2.75) is 26.2 Å². The van der Waals surface area contributed by atoms with Crippen LogP contribution in [0.2, 0.25) is 0 Å². The maximum absolute atomic E-state index is 13.8. The van der Waals surface area contributed by atoms with Crippen molar-refractivity contribution >= 4 is 38.3 Å². The Balaban J connectivity index is 1.77. The number of amides is 1. The third-order valence-corrected chi connectivity index (χ3v) is 6.69. The first kappa shape index (κ1) is 23.6. The summed E-state index contributed by atoms with van der Waals surface area (Å²) in [5.74, 6) is 1.76. The molecule has 1 amide bonds. The fourth-order valence-corrected chi connectivity index (χ4v) is 4.87. The van der Waals surface area contributed by atoms with E-state index in [0.717, 1.165) is 15.9 Å². The zero-order valence-corrected chi connectivity index (χ0v) is 20.8. The van der Waals surface area contributed by atoms with Gasteiger partial charge in [0, 0.05) is 5.56 Å². The van der Waals surface area contributed by atoms with Gasteiger partial charge in [0.2, 0.25) is 11.7 Å². The van der Waals surface area contributed by atoms with Gasteiger partial charge < -0.3 is 14.2 Å². The smallest absolute Gasteiger partial charge is 0.237 e. The summed E-state index contributed by atoms with van der Waals surface area (Å²) in [4.78, 5) is 20.2. The summed E-state index contributed by atoms with van der Waals surface area (Å²) in [5.41, 5.74) is 3.55. The van der Waals surface area contributed by atoms with Crippen LogP contribution in [-0.4, -0.2) is 32.2 Å². The van der Waals surface area contributed by atoms with E-state index < -0.39 is 0 Å². The number of methoxy groups -OCH3 is 3. The molecule has 0 bridgehead atoms. The number of fused-ring (bicyclic) bond motifs is 1. The van der Waals surface area contributed by atoms with Crippen molar-refractivity contribution in [1.29, 1.82) is 0 Å². The number of benzene rings is 3. The minimum atomic E-state index is -0.123. The first-order valence-corrected chi connectivity index (χ1v) is 11.8. The number of ether oxygens (including phenoxy) is 3. The Hall–Kier alpha value is -3.58. The second kappa shape index (κ2) is 10.1. The van der Waals surface area contributed by atoms with Gasteiger partial charge >= 0.3 is 0 Å². The summed E-state index contributed by atoms with van der Waals surface area (Å²) in [5, 5.41) is 0.628. The van der Waals surface area contributed by atoms with Gasteiger partial charge in [-0.15, -0.1) is 0 Å². The normalized spacial score (nSPS) is 11.0. The number of aromatic nitrogens is 1. The Morgan fingerprint density at radius 3 is 2.24 bits per heavy atom. The molecule has 0 aliphatic carbocycles. The molecule has 0 atom stereocenters. The van der Waals surface area contributed by atoms with Crippen molar-refractivity contribution in [1.82, 2.24) is 4.98 Å². The summed E-state index contributed by atoms with van der Waals surface area (Å²) >= 11 is 1.49. The summed E-state index contributed by atoms with van der Waals surface area (Å²) < 4.78 is 17.5. The van der Waals surface area contributed by atoms with Gasteiger partial charge in [-0.05, 0) is 41.8 Å². The number of rotatable bonds is 8. The van der Waals surface area contributed by atoms with E-state index in [1.807, 2.05) is 42.5 Å². The summed E-state index contributed by atoms with van der Waals surface area (Å²) in [6, 6.07) is 19.6. The minimum Gasteiger partial charge on any atom is -0.493 e. The molecule has 0 saturated heterocycles. The Kier molecular flexibility index (Phi) is 7.03. The number of para-hydroxylation sites is 1. The second-order valence-corrected chi connectivity index (χ2v) is 9.12. The summed E-state index contributed by atoms with van der Waals surface area (Å²) in [7, 11) is 4.68. The van der Waals surface area contributed by atoms with Crippen LogP contribution in [0.3, 0.4) is 0 Å². The van der Waals surface area contributed by atoms with Crippen molar-refractivity contribution in [2.75, 3.05) is 26.2 Å². The zero-order valence-electron chi connectivity index (χ0n) is 20.0. The Morgan fingerprint density at radius 2 is 1.62 bits per heavy atom.